The lowest BCUT2D eigenvalue weighted by Crippen LogP contribution is -2.27. The normalized spacial score (nSPS) is 12.9. The van der Waals surface area contributed by atoms with Gasteiger partial charge in [-0.05, 0) is 25.7 Å². The van der Waals surface area contributed by atoms with Gasteiger partial charge in [0.05, 0.1) is 13.2 Å². The van der Waals surface area contributed by atoms with Crippen LogP contribution in [-0.4, -0.2) is 49.1 Å². The van der Waals surface area contributed by atoms with Crippen molar-refractivity contribution in [2.75, 3.05) is 19.8 Å². The predicted octanol–water partition coefficient (Wildman–Crippen LogP) is 6.90. The van der Waals surface area contributed by atoms with Crippen molar-refractivity contribution in [2.24, 2.45) is 0 Å². The van der Waals surface area contributed by atoms with Crippen LogP contribution in [0, 0.1) is 0 Å². The number of carbonyl (C=O) groups is 2. The summed E-state index contributed by atoms with van der Waals surface area (Å²) in [6.07, 6.45) is 20.0. The first kappa shape index (κ1) is 32.9. The number of aliphatic hydroxyl groups excluding tert-OH is 1. The standard InChI is InChI=1S/C28H54O6/c1-4-6-8-10-12-14-16-18-20-26(22-29)34-28(31)24-32-23-27(33-25(3)30)21-19-17-15-13-11-9-7-5-2/h26-27,29H,4-24H2,1-3H3. The molecule has 2 unspecified atom stereocenters. The molecule has 34 heavy (non-hydrogen) atoms. The number of esters is 2. The number of unbranched alkanes of at least 4 members (excludes halogenated alkanes) is 14. The second-order valence-corrected chi connectivity index (χ2v) is 9.57. The van der Waals surface area contributed by atoms with E-state index in [1.54, 1.807) is 0 Å². The van der Waals surface area contributed by atoms with Crippen molar-refractivity contribution in [3.8, 4) is 0 Å². The summed E-state index contributed by atoms with van der Waals surface area (Å²) in [6, 6.07) is 0. The van der Waals surface area contributed by atoms with Crippen molar-refractivity contribution < 1.29 is 28.9 Å². The van der Waals surface area contributed by atoms with Crippen molar-refractivity contribution in [1.29, 1.82) is 0 Å². The predicted molar refractivity (Wildman–Crippen MR) is 138 cm³/mol. The SMILES string of the molecule is CCCCCCCCCCC(COCC(=O)OC(CO)CCCCCCCCCC)OC(C)=O. The minimum absolute atomic E-state index is 0.170. The topological polar surface area (TPSA) is 82.1 Å². The summed E-state index contributed by atoms with van der Waals surface area (Å²) < 4.78 is 16.2. The molecule has 0 aliphatic rings. The molecule has 0 saturated heterocycles. The molecule has 0 aliphatic carbocycles. The Morgan fingerprint density at radius 1 is 0.647 bits per heavy atom. The molecule has 2 atom stereocenters. The molecule has 0 saturated carbocycles. The highest BCUT2D eigenvalue weighted by Gasteiger charge is 2.16. The molecule has 0 spiro atoms. The van der Waals surface area contributed by atoms with Crippen molar-refractivity contribution in [1.82, 2.24) is 0 Å². The van der Waals surface area contributed by atoms with Crippen molar-refractivity contribution in [2.45, 2.75) is 149 Å². The van der Waals surface area contributed by atoms with Crippen LogP contribution in [0.4, 0.5) is 0 Å². The number of hydrogen-bond acceptors (Lipinski definition) is 6. The number of hydrogen-bond donors (Lipinski definition) is 1. The molecule has 6 nitrogen and oxygen atoms in total. The molecular weight excluding hydrogens is 432 g/mol. The monoisotopic (exact) mass is 486 g/mol. The van der Waals surface area contributed by atoms with Crippen LogP contribution in [0.15, 0.2) is 0 Å². The zero-order valence-corrected chi connectivity index (χ0v) is 22.5. The molecule has 0 rings (SSSR count). The van der Waals surface area contributed by atoms with Crippen molar-refractivity contribution in [3.05, 3.63) is 0 Å². The molecule has 0 aliphatic heterocycles. The maximum Gasteiger partial charge on any atom is 0.332 e. The van der Waals surface area contributed by atoms with Gasteiger partial charge >= 0.3 is 11.9 Å². The Morgan fingerprint density at radius 3 is 1.53 bits per heavy atom. The third-order valence-corrected chi connectivity index (χ3v) is 6.12. The first-order valence-electron chi connectivity index (χ1n) is 14.1. The third kappa shape index (κ3) is 22.6. The lowest BCUT2D eigenvalue weighted by molar-refractivity contribution is -0.160. The van der Waals surface area contributed by atoms with E-state index in [-0.39, 0.29) is 31.9 Å². The summed E-state index contributed by atoms with van der Waals surface area (Å²) in [7, 11) is 0. The van der Waals surface area contributed by atoms with E-state index in [9.17, 15) is 14.7 Å². The van der Waals surface area contributed by atoms with Gasteiger partial charge in [-0.3, -0.25) is 4.79 Å². The van der Waals surface area contributed by atoms with Crippen LogP contribution in [0.2, 0.25) is 0 Å². The van der Waals surface area contributed by atoms with Crippen molar-refractivity contribution in [3.63, 3.8) is 0 Å². The van der Waals surface area contributed by atoms with Gasteiger partial charge in [-0.2, -0.15) is 0 Å². The molecule has 0 aromatic heterocycles. The Labute approximate surface area is 209 Å². The summed E-state index contributed by atoms with van der Waals surface area (Å²) in [6.45, 7) is 5.66. The van der Waals surface area contributed by atoms with Gasteiger partial charge in [0, 0.05) is 6.92 Å². The minimum Gasteiger partial charge on any atom is -0.460 e. The summed E-state index contributed by atoms with van der Waals surface area (Å²) in [5.41, 5.74) is 0. The number of aliphatic hydroxyl groups is 1. The van der Waals surface area contributed by atoms with Crippen LogP contribution < -0.4 is 0 Å². The molecule has 0 aromatic carbocycles. The Morgan fingerprint density at radius 2 is 1.09 bits per heavy atom. The average Bonchev–Trinajstić information content (AvgIpc) is 2.81. The van der Waals surface area contributed by atoms with E-state index >= 15 is 0 Å². The van der Waals surface area contributed by atoms with Gasteiger partial charge in [-0.15, -0.1) is 0 Å². The minimum atomic E-state index is -0.479. The quantitative estimate of drug-likeness (QED) is 0.112. The van der Waals surface area contributed by atoms with Crippen LogP contribution in [0.1, 0.15) is 136 Å². The van der Waals surface area contributed by atoms with Crippen LogP contribution in [0.3, 0.4) is 0 Å². The second-order valence-electron chi connectivity index (χ2n) is 9.57. The van der Waals surface area contributed by atoms with Gasteiger partial charge in [0.25, 0.3) is 0 Å². The highest BCUT2D eigenvalue weighted by atomic mass is 16.6. The second kappa shape index (κ2) is 25.0. The smallest absolute Gasteiger partial charge is 0.332 e. The first-order chi connectivity index (χ1) is 16.5. The number of carbonyl (C=O) groups excluding carboxylic acids is 2. The van der Waals surface area contributed by atoms with Gasteiger partial charge in [0.15, 0.2) is 0 Å². The Bertz CT molecular complexity index is 468. The maximum atomic E-state index is 12.1. The lowest BCUT2D eigenvalue weighted by Gasteiger charge is -2.18. The van der Waals surface area contributed by atoms with Crippen molar-refractivity contribution >= 4 is 11.9 Å². The van der Waals surface area contributed by atoms with E-state index in [4.69, 9.17) is 14.2 Å². The van der Waals surface area contributed by atoms with Crippen LogP contribution in [0.25, 0.3) is 0 Å². The van der Waals surface area contributed by atoms with Gasteiger partial charge < -0.3 is 19.3 Å². The molecule has 0 aromatic rings. The number of rotatable bonds is 25. The largest absolute Gasteiger partial charge is 0.460 e. The van der Waals surface area contributed by atoms with E-state index in [1.807, 2.05) is 0 Å². The maximum absolute atomic E-state index is 12.1. The van der Waals surface area contributed by atoms with E-state index in [1.165, 1.54) is 84.0 Å². The summed E-state index contributed by atoms with van der Waals surface area (Å²) >= 11 is 0. The fraction of sp³-hybridized carbons (Fsp3) is 0.929. The fourth-order valence-corrected chi connectivity index (χ4v) is 4.10. The first-order valence-corrected chi connectivity index (χ1v) is 14.1. The summed E-state index contributed by atoms with van der Waals surface area (Å²) in [5, 5.41) is 9.51. The van der Waals surface area contributed by atoms with E-state index in [2.05, 4.69) is 13.8 Å². The lowest BCUT2D eigenvalue weighted by atomic mass is 10.1. The fourth-order valence-electron chi connectivity index (χ4n) is 4.10. The molecular formula is C28H54O6. The van der Waals surface area contributed by atoms with Crippen LogP contribution in [-0.2, 0) is 23.8 Å². The highest BCUT2D eigenvalue weighted by Crippen LogP contribution is 2.14. The zero-order valence-electron chi connectivity index (χ0n) is 22.5. The molecule has 0 radical (unpaired) electrons. The van der Waals surface area contributed by atoms with E-state index in [0.29, 0.717) is 6.42 Å². The molecule has 0 amide bonds. The van der Waals surface area contributed by atoms with Crippen LogP contribution >= 0.6 is 0 Å². The summed E-state index contributed by atoms with van der Waals surface area (Å²) in [4.78, 5) is 23.5. The Kier molecular flexibility index (Phi) is 24.1. The van der Waals surface area contributed by atoms with E-state index in [0.717, 1.165) is 32.1 Å². The molecule has 6 heteroatoms. The average molecular weight is 487 g/mol. The Balaban J connectivity index is 3.96. The summed E-state index contributed by atoms with van der Waals surface area (Å²) in [5.74, 6) is -0.811. The van der Waals surface area contributed by atoms with E-state index < -0.39 is 12.1 Å². The zero-order chi connectivity index (χ0) is 25.3. The molecule has 0 heterocycles. The third-order valence-electron chi connectivity index (χ3n) is 6.12. The molecule has 1 N–H and O–H groups in total. The van der Waals surface area contributed by atoms with Crippen LogP contribution in [0.5, 0.6) is 0 Å². The van der Waals surface area contributed by atoms with Gasteiger partial charge in [-0.25, -0.2) is 4.79 Å². The molecule has 202 valence electrons. The van der Waals surface area contributed by atoms with Gasteiger partial charge in [0.1, 0.15) is 18.8 Å². The van der Waals surface area contributed by atoms with Gasteiger partial charge in [0.2, 0.25) is 0 Å². The number of ether oxygens (including phenoxy) is 3. The Hall–Kier alpha value is -1.14. The molecule has 0 fully saturated rings. The molecule has 0 bridgehead atoms. The van der Waals surface area contributed by atoms with Gasteiger partial charge in [-0.1, -0.05) is 104 Å². The highest BCUT2D eigenvalue weighted by molar-refractivity contribution is 5.70.